The molecule has 1 atom stereocenters. The minimum atomic E-state index is -3.67. The van der Waals surface area contributed by atoms with Gasteiger partial charge in [-0.05, 0) is 55.2 Å². The minimum Gasteiger partial charge on any atom is -0.497 e. The third-order valence-electron chi connectivity index (χ3n) is 5.10. The summed E-state index contributed by atoms with van der Waals surface area (Å²) in [6.45, 7) is 0.828. The highest BCUT2D eigenvalue weighted by Crippen LogP contribution is 2.25. The highest BCUT2D eigenvalue weighted by atomic mass is 32.2. The Morgan fingerprint density at radius 2 is 1.93 bits per heavy atom. The number of carbonyl (C=O) groups excluding carboxylic acids is 1. The standard InChI is InChI=1S/C21H25FN2O4S/c1-28-18-8-10-19(11-9-18)29(26,27)24-14-4-6-17(15-24)21(25)23-13-12-16-5-2-3-7-20(16)22/h2-3,5,7-11,17H,4,6,12-15H2,1H3,(H,23,25)/t17-/m0/s1. The van der Waals surface area contributed by atoms with Crippen LogP contribution in [0.15, 0.2) is 53.4 Å². The van der Waals surface area contributed by atoms with Crippen LogP contribution in [-0.4, -0.2) is 45.4 Å². The van der Waals surface area contributed by atoms with Crippen LogP contribution < -0.4 is 10.1 Å². The molecule has 8 heteroatoms. The Labute approximate surface area is 170 Å². The number of nitrogens with zero attached hydrogens (tertiary/aromatic N) is 1. The molecule has 1 aliphatic rings. The third-order valence-corrected chi connectivity index (χ3v) is 6.98. The molecule has 1 aliphatic heterocycles. The zero-order chi connectivity index (χ0) is 20.9. The van der Waals surface area contributed by atoms with Crippen molar-refractivity contribution < 1.29 is 22.3 Å². The largest absolute Gasteiger partial charge is 0.497 e. The predicted octanol–water partition coefficient (Wildman–Crippen LogP) is 2.59. The van der Waals surface area contributed by atoms with E-state index in [1.807, 2.05) is 0 Å². The normalized spacial score (nSPS) is 17.7. The Kier molecular flexibility index (Phi) is 6.87. The monoisotopic (exact) mass is 420 g/mol. The van der Waals surface area contributed by atoms with Crippen molar-refractivity contribution in [2.75, 3.05) is 26.7 Å². The molecular formula is C21H25FN2O4S. The molecule has 29 heavy (non-hydrogen) atoms. The van der Waals surface area contributed by atoms with E-state index in [0.717, 1.165) is 0 Å². The number of ether oxygens (including phenoxy) is 1. The van der Waals surface area contributed by atoms with Crippen LogP contribution >= 0.6 is 0 Å². The first-order valence-corrected chi connectivity index (χ1v) is 11.0. The number of sulfonamides is 1. The Morgan fingerprint density at radius 1 is 1.21 bits per heavy atom. The smallest absolute Gasteiger partial charge is 0.243 e. The number of halogens is 1. The van der Waals surface area contributed by atoms with Crippen molar-refractivity contribution in [2.45, 2.75) is 24.2 Å². The number of nitrogens with one attached hydrogen (secondary N) is 1. The zero-order valence-corrected chi connectivity index (χ0v) is 17.1. The zero-order valence-electron chi connectivity index (χ0n) is 16.3. The summed E-state index contributed by atoms with van der Waals surface area (Å²) < 4.78 is 45.9. The van der Waals surface area contributed by atoms with E-state index in [4.69, 9.17) is 4.74 Å². The van der Waals surface area contributed by atoms with Crippen molar-refractivity contribution in [3.05, 3.63) is 59.9 Å². The van der Waals surface area contributed by atoms with Crippen LogP contribution in [0.5, 0.6) is 5.75 Å². The summed E-state index contributed by atoms with van der Waals surface area (Å²) in [5.74, 6) is -0.334. The fourth-order valence-corrected chi connectivity index (χ4v) is 4.96. The van der Waals surface area contributed by atoms with Crippen LogP contribution in [0.1, 0.15) is 18.4 Å². The number of amides is 1. The maximum atomic E-state index is 13.7. The Balaban J connectivity index is 1.59. The van der Waals surface area contributed by atoms with Gasteiger partial charge in [-0.25, -0.2) is 12.8 Å². The van der Waals surface area contributed by atoms with E-state index < -0.39 is 15.9 Å². The second-order valence-electron chi connectivity index (χ2n) is 7.01. The van der Waals surface area contributed by atoms with Crippen LogP contribution in [0.3, 0.4) is 0 Å². The van der Waals surface area contributed by atoms with Gasteiger partial charge in [0.05, 0.1) is 17.9 Å². The predicted molar refractivity (Wildman–Crippen MR) is 108 cm³/mol. The van der Waals surface area contributed by atoms with Crippen LogP contribution in [0.2, 0.25) is 0 Å². The van der Waals surface area contributed by atoms with E-state index in [9.17, 15) is 17.6 Å². The number of benzene rings is 2. The van der Waals surface area contributed by atoms with Crippen LogP contribution in [0.4, 0.5) is 4.39 Å². The average Bonchev–Trinajstić information content (AvgIpc) is 2.75. The summed E-state index contributed by atoms with van der Waals surface area (Å²) in [6.07, 6.45) is 1.62. The first-order valence-electron chi connectivity index (χ1n) is 9.57. The Hall–Kier alpha value is -2.45. The first-order chi connectivity index (χ1) is 13.9. The first kappa shape index (κ1) is 21.3. The second kappa shape index (κ2) is 9.37. The lowest BCUT2D eigenvalue weighted by atomic mass is 9.99. The van der Waals surface area contributed by atoms with Gasteiger partial charge in [-0.1, -0.05) is 18.2 Å². The molecule has 0 spiro atoms. The minimum absolute atomic E-state index is 0.139. The molecule has 0 aromatic heterocycles. The lowest BCUT2D eigenvalue weighted by Crippen LogP contribution is -2.45. The van der Waals surface area contributed by atoms with Gasteiger partial charge in [-0.15, -0.1) is 0 Å². The third kappa shape index (κ3) is 5.13. The van der Waals surface area contributed by atoms with Crippen molar-refractivity contribution in [3.8, 4) is 5.75 Å². The lowest BCUT2D eigenvalue weighted by Gasteiger charge is -2.31. The number of carbonyl (C=O) groups is 1. The van der Waals surface area contributed by atoms with Gasteiger partial charge in [0.2, 0.25) is 15.9 Å². The molecule has 1 fully saturated rings. The molecule has 1 amide bonds. The second-order valence-corrected chi connectivity index (χ2v) is 8.95. The molecular weight excluding hydrogens is 395 g/mol. The van der Waals surface area contributed by atoms with E-state index in [1.165, 1.54) is 29.6 Å². The van der Waals surface area contributed by atoms with Crippen molar-refractivity contribution in [2.24, 2.45) is 5.92 Å². The summed E-state index contributed by atoms with van der Waals surface area (Å²) in [6, 6.07) is 12.7. The fraction of sp³-hybridized carbons (Fsp3) is 0.381. The molecule has 1 heterocycles. The van der Waals surface area contributed by atoms with Crippen molar-refractivity contribution >= 4 is 15.9 Å². The summed E-state index contributed by atoms with van der Waals surface area (Å²) in [7, 11) is -2.16. The van der Waals surface area contributed by atoms with Crippen LogP contribution in [0.25, 0.3) is 0 Å². The van der Waals surface area contributed by atoms with E-state index in [0.29, 0.717) is 43.7 Å². The molecule has 0 aliphatic carbocycles. The number of hydrogen-bond acceptors (Lipinski definition) is 4. The van der Waals surface area contributed by atoms with Gasteiger partial charge in [0.1, 0.15) is 11.6 Å². The van der Waals surface area contributed by atoms with Crippen molar-refractivity contribution in [3.63, 3.8) is 0 Å². The molecule has 2 aromatic rings. The highest BCUT2D eigenvalue weighted by Gasteiger charge is 2.33. The van der Waals surface area contributed by atoms with E-state index in [-0.39, 0.29) is 23.2 Å². The SMILES string of the molecule is COc1ccc(S(=O)(=O)N2CCC[C@H](C(=O)NCCc3ccccc3F)C2)cc1. The van der Waals surface area contributed by atoms with Crippen molar-refractivity contribution in [1.82, 2.24) is 9.62 Å². The number of hydrogen-bond donors (Lipinski definition) is 1. The van der Waals surface area contributed by atoms with Gasteiger partial charge in [0.15, 0.2) is 0 Å². The Morgan fingerprint density at radius 3 is 2.62 bits per heavy atom. The quantitative estimate of drug-likeness (QED) is 0.747. The summed E-state index contributed by atoms with van der Waals surface area (Å²) in [5.41, 5.74) is 0.542. The number of methoxy groups -OCH3 is 1. The molecule has 1 saturated heterocycles. The van der Waals surface area contributed by atoms with Gasteiger partial charge in [0.25, 0.3) is 0 Å². The summed E-state index contributed by atoms with van der Waals surface area (Å²) in [5, 5.41) is 2.81. The lowest BCUT2D eigenvalue weighted by molar-refractivity contribution is -0.126. The Bertz CT molecular complexity index is 947. The molecule has 3 rings (SSSR count). The molecule has 156 valence electrons. The van der Waals surface area contributed by atoms with Gasteiger partial charge >= 0.3 is 0 Å². The molecule has 0 radical (unpaired) electrons. The van der Waals surface area contributed by atoms with E-state index >= 15 is 0 Å². The highest BCUT2D eigenvalue weighted by molar-refractivity contribution is 7.89. The molecule has 0 bridgehead atoms. The molecule has 2 aromatic carbocycles. The van der Waals surface area contributed by atoms with Gasteiger partial charge in [0, 0.05) is 19.6 Å². The maximum Gasteiger partial charge on any atom is 0.243 e. The number of rotatable bonds is 7. The molecule has 0 saturated carbocycles. The molecule has 0 unspecified atom stereocenters. The fourth-order valence-electron chi connectivity index (χ4n) is 3.44. The summed E-state index contributed by atoms with van der Waals surface area (Å²) >= 11 is 0. The van der Waals surface area contributed by atoms with Gasteiger partial charge in [-0.3, -0.25) is 4.79 Å². The van der Waals surface area contributed by atoms with E-state index in [1.54, 1.807) is 30.3 Å². The van der Waals surface area contributed by atoms with Gasteiger partial charge < -0.3 is 10.1 Å². The number of piperidine rings is 1. The van der Waals surface area contributed by atoms with E-state index in [2.05, 4.69) is 5.32 Å². The topological polar surface area (TPSA) is 75.7 Å². The molecule has 1 N–H and O–H groups in total. The van der Waals surface area contributed by atoms with Crippen LogP contribution in [-0.2, 0) is 21.2 Å². The van der Waals surface area contributed by atoms with Gasteiger partial charge in [-0.2, -0.15) is 4.31 Å². The maximum absolute atomic E-state index is 13.7. The summed E-state index contributed by atoms with van der Waals surface area (Å²) in [4.78, 5) is 12.7. The molecule has 6 nitrogen and oxygen atoms in total. The average molecular weight is 421 g/mol. The van der Waals surface area contributed by atoms with Crippen LogP contribution in [0, 0.1) is 11.7 Å². The van der Waals surface area contributed by atoms with Crippen molar-refractivity contribution in [1.29, 1.82) is 0 Å².